The Bertz CT molecular complexity index is 933. The van der Waals surface area contributed by atoms with Crippen LogP contribution in [0.5, 0.6) is 0 Å². The molecule has 4 unspecified atom stereocenters. The highest BCUT2D eigenvalue weighted by Gasteiger charge is 2.77. The van der Waals surface area contributed by atoms with Crippen molar-refractivity contribution >= 4 is 29.1 Å². The molecule has 4 N–H and O–H groups in total. The molecule has 0 aromatic carbocycles. The van der Waals surface area contributed by atoms with Gasteiger partial charge in [0.15, 0.2) is 12.4 Å². The maximum atomic E-state index is 13.2. The van der Waals surface area contributed by atoms with Crippen molar-refractivity contribution in [3.05, 3.63) is 11.6 Å². The molecule has 9 heteroatoms. The molecule has 0 heterocycles. The Balaban J connectivity index is 1.83. The number of halogens is 1. The van der Waals surface area contributed by atoms with Gasteiger partial charge in [-0.3, -0.25) is 14.4 Å². The van der Waals surface area contributed by atoms with Gasteiger partial charge in [-0.25, -0.2) is 0 Å². The first kappa shape index (κ1) is 24.8. The molecule has 8 nitrogen and oxygen atoms in total. The minimum absolute atomic E-state index is 0.0239. The smallest absolute Gasteiger partial charge is 0.303 e. The van der Waals surface area contributed by atoms with Crippen molar-refractivity contribution in [1.82, 2.24) is 0 Å². The number of hydrogen-bond donors (Lipinski definition) is 4. The van der Waals surface area contributed by atoms with E-state index in [1.165, 1.54) is 13.0 Å². The van der Waals surface area contributed by atoms with Crippen LogP contribution in [0.15, 0.2) is 11.6 Å². The van der Waals surface area contributed by atoms with Crippen LogP contribution in [0.25, 0.3) is 0 Å². The molecule has 0 bridgehead atoms. The van der Waals surface area contributed by atoms with E-state index in [2.05, 4.69) is 0 Å². The summed E-state index contributed by atoms with van der Waals surface area (Å²) in [6, 6.07) is 0. The van der Waals surface area contributed by atoms with E-state index in [0.29, 0.717) is 18.4 Å². The number of aliphatic hydroxyl groups is 4. The van der Waals surface area contributed by atoms with E-state index in [9.17, 15) is 34.8 Å². The van der Waals surface area contributed by atoms with E-state index < -0.39 is 75.7 Å². The van der Waals surface area contributed by atoms with Gasteiger partial charge < -0.3 is 25.2 Å². The first-order valence-electron chi connectivity index (χ1n) is 11.5. The lowest BCUT2D eigenvalue weighted by atomic mass is 9.43. The van der Waals surface area contributed by atoms with Crippen LogP contribution >= 0.6 is 11.6 Å². The molecule has 33 heavy (non-hydrogen) atoms. The van der Waals surface area contributed by atoms with Crippen LogP contribution in [0.1, 0.15) is 53.4 Å². The lowest BCUT2D eigenvalue weighted by Crippen LogP contribution is -2.74. The number of aliphatic hydroxyl groups excluding tert-OH is 3. The second kappa shape index (κ2) is 7.59. The highest BCUT2D eigenvalue weighted by molar-refractivity contribution is 6.26. The van der Waals surface area contributed by atoms with E-state index in [-0.39, 0.29) is 18.6 Å². The number of Topliss-reactive ketones (excluding diaryl/α,β-unsaturated/α-hetero) is 1. The Labute approximate surface area is 197 Å². The summed E-state index contributed by atoms with van der Waals surface area (Å²) in [5.41, 5.74) is -3.74. The van der Waals surface area contributed by atoms with E-state index >= 15 is 0 Å². The van der Waals surface area contributed by atoms with Crippen LogP contribution in [0.3, 0.4) is 0 Å². The predicted octanol–water partition coefficient (Wildman–Crippen LogP) is 0.901. The van der Waals surface area contributed by atoms with E-state index in [0.717, 1.165) is 0 Å². The van der Waals surface area contributed by atoms with Crippen molar-refractivity contribution in [2.24, 2.45) is 28.6 Å². The highest BCUT2D eigenvalue weighted by atomic mass is 35.5. The maximum Gasteiger partial charge on any atom is 0.303 e. The summed E-state index contributed by atoms with van der Waals surface area (Å²) in [6.45, 7) is 5.80. The zero-order valence-corrected chi connectivity index (χ0v) is 20.1. The third kappa shape index (κ3) is 2.94. The largest absolute Gasteiger partial charge is 0.458 e. The van der Waals surface area contributed by atoms with Crippen molar-refractivity contribution < 1.29 is 39.5 Å². The number of esters is 1. The standard InChI is InChI=1S/C24H33ClO8/c1-11-7-14-18-20(31)19(30)15-8-13(27)5-6-21(15,3)23(18,25)16(28)9-22(14,4)24(11,32)17(29)10-33-12(2)26/h8,11,14,16,18-20,28,30-32H,5-7,9-10H2,1-4H3/t11?,14-,16?,18+,19?,20?,21-,22-,23+,24-/m0/s1. The Morgan fingerprint density at radius 3 is 2.48 bits per heavy atom. The second-order valence-electron chi connectivity index (χ2n) is 11.0. The van der Waals surface area contributed by atoms with Gasteiger partial charge in [-0.05, 0) is 42.7 Å². The van der Waals surface area contributed by atoms with Crippen LogP contribution in [0.4, 0.5) is 0 Å². The molecule has 0 spiro atoms. The first-order valence-corrected chi connectivity index (χ1v) is 11.9. The van der Waals surface area contributed by atoms with Gasteiger partial charge in [-0.2, -0.15) is 0 Å². The molecular weight excluding hydrogens is 452 g/mol. The number of hydrogen-bond acceptors (Lipinski definition) is 8. The van der Waals surface area contributed by atoms with Gasteiger partial charge >= 0.3 is 5.97 Å². The zero-order valence-electron chi connectivity index (χ0n) is 19.4. The summed E-state index contributed by atoms with van der Waals surface area (Å²) in [4.78, 5) is 35.1. The average molecular weight is 485 g/mol. The molecule has 0 aliphatic heterocycles. The summed E-state index contributed by atoms with van der Waals surface area (Å²) < 4.78 is 4.88. The first-order chi connectivity index (χ1) is 15.2. The molecule has 0 radical (unpaired) electrons. The van der Waals surface area contributed by atoms with Crippen molar-refractivity contribution in [2.45, 2.75) is 82.2 Å². The molecule has 4 aliphatic rings. The van der Waals surface area contributed by atoms with Crippen LogP contribution < -0.4 is 0 Å². The number of rotatable bonds is 3. The zero-order chi connectivity index (χ0) is 24.7. The number of alkyl halides is 1. The van der Waals surface area contributed by atoms with Crippen LogP contribution in [-0.2, 0) is 19.1 Å². The van der Waals surface area contributed by atoms with Crippen molar-refractivity contribution in [1.29, 1.82) is 0 Å². The van der Waals surface area contributed by atoms with Crippen molar-refractivity contribution in [3.8, 4) is 0 Å². The fraction of sp³-hybridized carbons (Fsp3) is 0.792. The van der Waals surface area contributed by atoms with E-state index in [4.69, 9.17) is 16.3 Å². The summed E-state index contributed by atoms with van der Waals surface area (Å²) in [5.74, 6) is -3.40. The second-order valence-corrected chi connectivity index (χ2v) is 11.6. The Hall–Kier alpha value is -1.32. The number of carbonyl (C=O) groups excluding carboxylic acids is 3. The molecule has 3 fully saturated rings. The fourth-order valence-corrected chi connectivity index (χ4v) is 8.35. The maximum absolute atomic E-state index is 13.2. The van der Waals surface area contributed by atoms with Crippen molar-refractivity contribution in [3.63, 3.8) is 0 Å². The quantitative estimate of drug-likeness (QED) is 0.342. The number of fused-ring (bicyclic) bond motifs is 5. The van der Waals surface area contributed by atoms with Gasteiger partial charge in [-0.15, -0.1) is 11.6 Å². The third-order valence-electron chi connectivity index (χ3n) is 9.54. The number of ketones is 2. The van der Waals surface area contributed by atoms with E-state index in [1.54, 1.807) is 13.8 Å². The minimum Gasteiger partial charge on any atom is -0.458 e. The highest BCUT2D eigenvalue weighted by Crippen LogP contribution is 2.71. The Kier molecular flexibility index (Phi) is 5.70. The van der Waals surface area contributed by atoms with Gasteiger partial charge in [0, 0.05) is 30.1 Å². The van der Waals surface area contributed by atoms with Crippen LogP contribution in [0, 0.1) is 28.6 Å². The third-order valence-corrected chi connectivity index (χ3v) is 10.5. The van der Waals surface area contributed by atoms with Gasteiger partial charge in [-0.1, -0.05) is 20.8 Å². The van der Waals surface area contributed by atoms with Gasteiger partial charge in [0.1, 0.15) is 11.7 Å². The van der Waals surface area contributed by atoms with Gasteiger partial charge in [0.2, 0.25) is 5.78 Å². The van der Waals surface area contributed by atoms with Crippen molar-refractivity contribution in [2.75, 3.05) is 6.61 Å². The summed E-state index contributed by atoms with van der Waals surface area (Å²) >= 11 is 7.29. The minimum atomic E-state index is -1.92. The monoisotopic (exact) mass is 484 g/mol. The molecule has 0 aromatic heterocycles. The van der Waals surface area contributed by atoms with Crippen LogP contribution in [-0.4, -0.2) is 73.4 Å². The lowest BCUT2D eigenvalue weighted by molar-refractivity contribution is -0.204. The molecule has 0 amide bonds. The Morgan fingerprint density at radius 1 is 1.24 bits per heavy atom. The molecule has 0 aromatic rings. The molecule has 3 saturated carbocycles. The summed E-state index contributed by atoms with van der Waals surface area (Å²) in [7, 11) is 0. The molecule has 4 aliphatic carbocycles. The SMILES string of the molecule is CC(=O)OCC(=O)[C@@]1(O)C(C)C[C@H]2[C@@H]3C(O)C(O)C4=CC(=O)CC[C@]4(C)[C@@]3(Cl)C(O)C[C@@]21C. The molecule has 0 saturated heterocycles. The average Bonchev–Trinajstić information content (AvgIpc) is 2.93. The summed E-state index contributed by atoms with van der Waals surface area (Å²) in [5, 5.41) is 45.6. The van der Waals surface area contributed by atoms with Gasteiger partial charge in [0.25, 0.3) is 0 Å². The molecule has 184 valence electrons. The number of carbonyl (C=O) groups is 3. The Morgan fingerprint density at radius 2 is 1.88 bits per heavy atom. The number of ether oxygens (including phenoxy) is 1. The van der Waals surface area contributed by atoms with Crippen LogP contribution in [0.2, 0.25) is 0 Å². The lowest BCUT2D eigenvalue weighted by Gasteiger charge is -2.66. The normalized spacial score (nSPS) is 51.2. The summed E-state index contributed by atoms with van der Waals surface area (Å²) in [6.07, 6.45) is -1.84. The fourth-order valence-electron chi connectivity index (χ4n) is 7.79. The van der Waals surface area contributed by atoms with Gasteiger partial charge in [0.05, 0.1) is 17.1 Å². The molecule has 10 atom stereocenters. The molecular formula is C24H33ClO8. The predicted molar refractivity (Wildman–Crippen MR) is 117 cm³/mol. The van der Waals surface area contributed by atoms with E-state index in [1.807, 2.05) is 6.92 Å². The topological polar surface area (TPSA) is 141 Å². The molecule has 4 rings (SSSR count).